The van der Waals surface area contributed by atoms with Crippen molar-refractivity contribution in [3.05, 3.63) is 29.8 Å². The lowest BCUT2D eigenvalue weighted by molar-refractivity contribution is 0.234. The highest BCUT2D eigenvalue weighted by Crippen LogP contribution is 2.31. The molecule has 2 atom stereocenters. The summed E-state index contributed by atoms with van der Waals surface area (Å²) in [6.07, 6.45) is 1.37. The second-order valence-corrected chi connectivity index (χ2v) is 5.13. The molecular formula is C16H27NO. The molecule has 1 aromatic rings. The van der Waals surface area contributed by atoms with Crippen LogP contribution in [0.3, 0.4) is 0 Å². The van der Waals surface area contributed by atoms with Crippen molar-refractivity contribution < 1.29 is 4.74 Å². The fourth-order valence-electron chi connectivity index (χ4n) is 2.17. The predicted molar refractivity (Wildman–Crippen MR) is 78.1 cm³/mol. The van der Waals surface area contributed by atoms with Crippen molar-refractivity contribution in [3.63, 3.8) is 0 Å². The molecule has 0 saturated heterocycles. The lowest BCUT2D eigenvalue weighted by Gasteiger charge is -2.27. The summed E-state index contributed by atoms with van der Waals surface area (Å²) in [7, 11) is 0. The minimum atomic E-state index is 0.213. The van der Waals surface area contributed by atoms with Gasteiger partial charge in [0.2, 0.25) is 0 Å². The Hall–Kier alpha value is -1.02. The number of rotatable bonds is 7. The van der Waals surface area contributed by atoms with Crippen LogP contribution in [-0.4, -0.2) is 12.6 Å². The second-order valence-electron chi connectivity index (χ2n) is 5.13. The number of hydrogen-bond acceptors (Lipinski definition) is 2. The molecule has 0 amide bonds. The van der Waals surface area contributed by atoms with Crippen LogP contribution in [-0.2, 0) is 0 Å². The molecule has 0 spiro atoms. The number of ether oxygens (including phenoxy) is 1. The van der Waals surface area contributed by atoms with Gasteiger partial charge in [-0.3, -0.25) is 0 Å². The molecule has 0 saturated carbocycles. The SMILES string of the molecule is CCNC(c1ccccc1OC(C)C)C(C)CC. The predicted octanol–water partition coefficient (Wildman–Crippen LogP) is 4.17. The fraction of sp³-hybridized carbons (Fsp3) is 0.625. The fourth-order valence-corrected chi connectivity index (χ4v) is 2.17. The van der Waals surface area contributed by atoms with Crippen LogP contribution in [0.25, 0.3) is 0 Å². The Morgan fingerprint density at radius 1 is 1.11 bits per heavy atom. The van der Waals surface area contributed by atoms with E-state index in [1.165, 1.54) is 5.56 Å². The molecule has 0 aliphatic heterocycles. The van der Waals surface area contributed by atoms with Gasteiger partial charge >= 0.3 is 0 Å². The summed E-state index contributed by atoms with van der Waals surface area (Å²) >= 11 is 0. The summed E-state index contributed by atoms with van der Waals surface area (Å²) in [4.78, 5) is 0. The lowest BCUT2D eigenvalue weighted by atomic mass is 9.92. The van der Waals surface area contributed by atoms with Crippen molar-refractivity contribution in [3.8, 4) is 5.75 Å². The maximum atomic E-state index is 5.93. The van der Waals surface area contributed by atoms with Crippen LogP contribution >= 0.6 is 0 Å². The van der Waals surface area contributed by atoms with Crippen LogP contribution in [0, 0.1) is 5.92 Å². The normalized spacial score (nSPS) is 14.6. The van der Waals surface area contributed by atoms with E-state index in [9.17, 15) is 0 Å². The van der Waals surface area contributed by atoms with Crippen molar-refractivity contribution in [2.75, 3.05) is 6.54 Å². The Morgan fingerprint density at radius 3 is 2.33 bits per heavy atom. The molecule has 0 bridgehead atoms. The number of para-hydroxylation sites is 1. The molecule has 0 heterocycles. The molecule has 0 aliphatic rings. The molecule has 2 unspecified atom stereocenters. The van der Waals surface area contributed by atoms with Gasteiger partial charge in [0.05, 0.1) is 6.10 Å². The molecule has 2 nitrogen and oxygen atoms in total. The average Bonchev–Trinajstić information content (AvgIpc) is 2.35. The second kappa shape index (κ2) is 7.42. The van der Waals surface area contributed by atoms with Crippen molar-refractivity contribution >= 4 is 0 Å². The van der Waals surface area contributed by atoms with Crippen LogP contribution in [0.4, 0.5) is 0 Å². The van der Waals surface area contributed by atoms with Crippen molar-refractivity contribution in [1.82, 2.24) is 5.32 Å². The van der Waals surface area contributed by atoms with E-state index < -0.39 is 0 Å². The molecule has 0 aromatic heterocycles. The molecule has 0 aliphatic carbocycles. The van der Waals surface area contributed by atoms with E-state index in [1.807, 2.05) is 6.07 Å². The summed E-state index contributed by atoms with van der Waals surface area (Å²) in [6.45, 7) is 11.8. The number of hydrogen-bond donors (Lipinski definition) is 1. The maximum Gasteiger partial charge on any atom is 0.124 e. The highest BCUT2D eigenvalue weighted by atomic mass is 16.5. The summed E-state index contributed by atoms with van der Waals surface area (Å²) in [5.41, 5.74) is 1.28. The van der Waals surface area contributed by atoms with Gasteiger partial charge in [0.15, 0.2) is 0 Å². The van der Waals surface area contributed by atoms with Crippen LogP contribution in [0.2, 0.25) is 0 Å². The first-order valence-electron chi connectivity index (χ1n) is 7.09. The zero-order chi connectivity index (χ0) is 13.5. The minimum absolute atomic E-state index is 0.213. The molecule has 2 heteroatoms. The standard InChI is InChI=1S/C16H27NO/c1-6-13(5)16(17-7-2)14-10-8-9-11-15(14)18-12(3)4/h8-13,16-17H,6-7H2,1-5H3. The van der Waals surface area contributed by atoms with Crippen molar-refractivity contribution in [1.29, 1.82) is 0 Å². The molecule has 1 rings (SSSR count). The summed E-state index contributed by atoms with van der Waals surface area (Å²) in [5.74, 6) is 1.61. The van der Waals surface area contributed by atoms with Crippen LogP contribution in [0.15, 0.2) is 24.3 Å². The first-order valence-corrected chi connectivity index (χ1v) is 7.09. The number of nitrogens with one attached hydrogen (secondary N) is 1. The van der Waals surface area contributed by atoms with E-state index in [0.717, 1.165) is 18.7 Å². The Morgan fingerprint density at radius 2 is 1.78 bits per heavy atom. The van der Waals surface area contributed by atoms with Crippen molar-refractivity contribution in [2.24, 2.45) is 5.92 Å². The first-order chi connectivity index (χ1) is 8.60. The van der Waals surface area contributed by atoms with E-state index in [2.05, 4.69) is 58.1 Å². The molecule has 1 aromatic carbocycles. The lowest BCUT2D eigenvalue weighted by Crippen LogP contribution is -2.27. The molecule has 0 radical (unpaired) electrons. The van der Waals surface area contributed by atoms with Gasteiger partial charge in [-0.1, -0.05) is 45.4 Å². The molecule has 0 fully saturated rings. The monoisotopic (exact) mass is 249 g/mol. The molecule has 102 valence electrons. The third-order valence-corrected chi connectivity index (χ3v) is 3.25. The van der Waals surface area contributed by atoms with Crippen molar-refractivity contribution in [2.45, 2.75) is 53.2 Å². The van der Waals surface area contributed by atoms with Gasteiger partial charge in [0.1, 0.15) is 5.75 Å². The molecular weight excluding hydrogens is 222 g/mol. The number of benzene rings is 1. The van der Waals surface area contributed by atoms with E-state index in [1.54, 1.807) is 0 Å². The van der Waals surface area contributed by atoms with E-state index in [-0.39, 0.29) is 6.10 Å². The van der Waals surface area contributed by atoms with Crippen LogP contribution < -0.4 is 10.1 Å². The van der Waals surface area contributed by atoms with Gasteiger partial charge in [-0.15, -0.1) is 0 Å². The van der Waals surface area contributed by atoms with E-state index in [0.29, 0.717) is 12.0 Å². The highest BCUT2D eigenvalue weighted by Gasteiger charge is 2.20. The first kappa shape index (κ1) is 15.0. The Bertz CT molecular complexity index is 349. The van der Waals surface area contributed by atoms with E-state index >= 15 is 0 Å². The summed E-state index contributed by atoms with van der Waals surface area (Å²) in [6, 6.07) is 8.75. The Kier molecular flexibility index (Phi) is 6.20. The topological polar surface area (TPSA) is 21.3 Å². The quantitative estimate of drug-likeness (QED) is 0.783. The van der Waals surface area contributed by atoms with Gasteiger partial charge in [-0.2, -0.15) is 0 Å². The third kappa shape index (κ3) is 4.02. The maximum absolute atomic E-state index is 5.93. The average molecular weight is 249 g/mol. The summed E-state index contributed by atoms with van der Waals surface area (Å²) < 4.78 is 5.93. The minimum Gasteiger partial charge on any atom is -0.491 e. The zero-order valence-corrected chi connectivity index (χ0v) is 12.4. The van der Waals surface area contributed by atoms with Gasteiger partial charge < -0.3 is 10.1 Å². The third-order valence-electron chi connectivity index (χ3n) is 3.25. The van der Waals surface area contributed by atoms with Gasteiger partial charge in [0, 0.05) is 11.6 Å². The highest BCUT2D eigenvalue weighted by molar-refractivity contribution is 5.36. The summed E-state index contributed by atoms with van der Waals surface area (Å²) in [5, 5.41) is 3.58. The van der Waals surface area contributed by atoms with E-state index in [4.69, 9.17) is 4.74 Å². The van der Waals surface area contributed by atoms with Gasteiger partial charge in [-0.25, -0.2) is 0 Å². The van der Waals surface area contributed by atoms with Gasteiger partial charge in [-0.05, 0) is 32.4 Å². The molecule has 18 heavy (non-hydrogen) atoms. The van der Waals surface area contributed by atoms with Crippen LogP contribution in [0.5, 0.6) is 5.75 Å². The van der Waals surface area contributed by atoms with Gasteiger partial charge in [0.25, 0.3) is 0 Å². The largest absolute Gasteiger partial charge is 0.491 e. The Labute approximate surface area is 112 Å². The Balaban J connectivity index is 3.02. The zero-order valence-electron chi connectivity index (χ0n) is 12.4. The smallest absolute Gasteiger partial charge is 0.124 e. The molecule has 1 N–H and O–H groups in total. The van der Waals surface area contributed by atoms with Crippen LogP contribution in [0.1, 0.15) is 52.6 Å².